The highest BCUT2D eigenvalue weighted by Gasteiger charge is 2.36. The van der Waals surface area contributed by atoms with Crippen molar-refractivity contribution in [2.24, 2.45) is 0 Å². The lowest BCUT2D eigenvalue weighted by Gasteiger charge is -2.30. The maximum Gasteiger partial charge on any atom is 0.331 e. The summed E-state index contributed by atoms with van der Waals surface area (Å²) in [4.78, 5) is 82.9. The molecule has 20 nitrogen and oxygen atoms in total. The zero-order valence-electron chi connectivity index (χ0n) is 23.6. The summed E-state index contributed by atoms with van der Waals surface area (Å²) < 4.78 is 21.0. The molecule has 1 aliphatic heterocycles. The minimum atomic E-state index is -3.72. The summed E-state index contributed by atoms with van der Waals surface area (Å²) in [5.41, 5.74) is 0.413. The molecule has 2 rings (SSSR count). The lowest BCUT2D eigenvalue weighted by atomic mass is 10.1. The molecule has 1 aromatic heterocycles. The molecule has 8 N–H and O–H groups in total. The third-order valence-corrected chi connectivity index (χ3v) is 7.41. The van der Waals surface area contributed by atoms with Crippen LogP contribution in [0.25, 0.3) is 0 Å². The molecule has 0 saturated carbocycles. The quantitative estimate of drug-likeness (QED) is 0.0575. The van der Waals surface area contributed by atoms with E-state index in [9.17, 15) is 44.2 Å². The Hall–Kier alpha value is -2.61. The fourth-order valence-corrected chi connectivity index (χ4v) is 5.31. The molecule has 3 atom stereocenters. The van der Waals surface area contributed by atoms with Gasteiger partial charge in [-0.15, -0.1) is 0 Å². The monoisotopic (exact) mass is 672 g/mol. The van der Waals surface area contributed by atoms with Crippen LogP contribution in [0.15, 0.2) is 12.5 Å². The highest BCUT2D eigenvalue weighted by atomic mass is 31.2. The first-order chi connectivity index (χ1) is 20.7. The van der Waals surface area contributed by atoms with Gasteiger partial charge in [0.1, 0.15) is 12.6 Å². The Morgan fingerprint density at radius 3 is 2.09 bits per heavy atom. The van der Waals surface area contributed by atoms with Crippen molar-refractivity contribution >= 4 is 40.7 Å². The van der Waals surface area contributed by atoms with E-state index in [1.807, 2.05) is 0 Å². The van der Waals surface area contributed by atoms with Gasteiger partial charge in [-0.05, 0) is 6.42 Å². The van der Waals surface area contributed by atoms with Gasteiger partial charge in [0.15, 0.2) is 0 Å². The SMILES string of the molecule is O=C(O)CN1CCN(CC(=O)O)CCN(C(CCC(=O)NCCc2cn(CC(O)(OP(O)O)O[PH](=O)O)cn2)C(=O)O)CC1. The van der Waals surface area contributed by atoms with Crippen molar-refractivity contribution in [1.82, 2.24) is 29.6 Å². The van der Waals surface area contributed by atoms with E-state index in [4.69, 9.17) is 14.7 Å². The molecule has 0 aliphatic carbocycles. The van der Waals surface area contributed by atoms with Crippen molar-refractivity contribution in [2.45, 2.75) is 37.8 Å². The van der Waals surface area contributed by atoms with Crippen LogP contribution >= 0.6 is 16.9 Å². The Bertz CT molecular complexity index is 1110. The van der Waals surface area contributed by atoms with Gasteiger partial charge in [0.2, 0.25) is 5.91 Å². The molecule has 22 heteroatoms. The lowest BCUT2D eigenvalue weighted by Crippen LogP contribution is -2.47. The Kier molecular flexibility index (Phi) is 15.7. The molecule has 0 radical (unpaired) electrons. The number of hydrogen-bond acceptors (Lipinski definition) is 14. The van der Waals surface area contributed by atoms with Gasteiger partial charge in [-0.1, -0.05) is 0 Å². The molecular weight excluding hydrogens is 634 g/mol. The number of imidazole rings is 1. The third-order valence-electron chi connectivity index (χ3n) is 6.47. The summed E-state index contributed by atoms with van der Waals surface area (Å²) in [6, 6.07) is -1.08. The van der Waals surface area contributed by atoms with Crippen molar-refractivity contribution in [3.8, 4) is 0 Å². The molecule has 0 spiro atoms. The minimum absolute atomic E-state index is 0.0571. The van der Waals surface area contributed by atoms with Crippen LogP contribution in [0.1, 0.15) is 18.5 Å². The van der Waals surface area contributed by atoms with Crippen molar-refractivity contribution in [1.29, 1.82) is 0 Å². The van der Waals surface area contributed by atoms with E-state index < -0.39 is 59.2 Å². The predicted molar refractivity (Wildman–Crippen MR) is 149 cm³/mol. The normalized spacial score (nSPS) is 18.5. The van der Waals surface area contributed by atoms with Gasteiger partial charge < -0.3 is 45.0 Å². The zero-order chi connectivity index (χ0) is 32.9. The van der Waals surface area contributed by atoms with Crippen LogP contribution in [0, 0.1) is 0 Å². The summed E-state index contributed by atoms with van der Waals surface area (Å²) in [6.07, 6.45) is 2.60. The van der Waals surface area contributed by atoms with Crippen LogP contribution in [0.3, 0.4) is 0 Å². The van der Waals surface area contributed by atoms with Crippen LogP contribution in [-0.2, 0) is 45.8 Å². The maximum absolute atomic E-state index is 12.5. The maximum atomic E-state index is 12.5. The first-order valence-electron chi connectivity index (χ1n) is 13.3. The Balaban J connectivity index is 1.92. The Morgan fingerprint density at radius 2 is 1.59 bits per heavy atom. The van der Waals surface area contributed by atoms with Gasteiger partial charge in [0.25, 0.3) is 0 Å². The van der Waals surface area contributed by atoms with Crippen LogP contribution < -0.4 is 5.32 Å². The summed E-state index contributed by atoms with van der Waals surface area (Å²) >= 11 is 0. The number of amides is 1. The first-order valence-corrected chi connectivity index (χ1v) is 15.7. The molecule has 1 amide bonds. The predicted octanol–water partition coefficient (Wildman–Crippen LogP) is -2.86. The fraction of sp³-hybridized carbons (Fsp3) is 0.682. The largest absolute Gasteiger partial charge is 0.480 e. The van der Waals surface area contributed by atoms with Crippen LogP contribution in [-0.4, -0.2) is 154 Å². The van der Waals surface area contributed by atoms with Gasteiger partial charge in [0, 0.05) is 64.9 Å². The number of aliphatic carboxylic acids is 3. The van der Waals surface area contributed by atoms with E-state index in [1.54, 1.807) is 14.7 Å². The van der Waals surface area contributed by atoms with Gasteiger partial charge >= 0.3 is 40.7 Å². The molecule has 1 saturated heterocycles. The number of aromatic nitrogens is 2. The van der Waals surface area contributed by atoms with Crippen molar-refractivity contribution in [2.75, 3.05) is 58.9 Å². The number of carbonyl (C=O) groups is 4. The van der Waals surface area contributed by atoms with Gasteiger partial charge in [-0.2, -0.15) is 0 Å². The van der Waals surface area contributed by atoms with Crippen LogP contribution in [0.5, 0.6) is 0 Å². The number of carboxylic acids is 3. The van der Waals surface area contributed by atoms with Gasteiger partial charge in [-0.25, -0.2) is 4.98 Å². The molecule has 0 aromatic carbocycles. The summed E-state index contributed by atoms with van der Waals surface area (Å²) in [7, 11) is -6.85. The third kappa shape index (κ3) is 14.4. The summed E-state index contributed by atoms with van der Waals surface area (Å²) in [5.74, 6) is -6.56. The van der Waals surface area contributed by atoms with E-state index in [1.165, 1.54) is 17.1 Å². The molecule has 250 valence electrons. The average molecular weight is 673 g/mol. The van der Waals surface area contributed by atoms with Gasteiger partial charge in [-0.3, -0.25) is 47.5 Å². The molecule has 0 bridgehead atoms. The Morgan fingerprint density at radius 1 is 1.02 bits per heavy atom. The molecule has 3 unspecified atom stereocenters. The fourth-order valence-electron chi connectivity index (χ4n) is 4.51. The van der Waals surface area contributed by atoms with Crippen LogP contribution in [0.4, 0.5) is 0 Å². The zero-order valence-corrected chi connectivity index (χ0v) is 25.5. The lowest BCUT2D eigenvalue weighted by molar-refractivity contribution is -0.283. The highest BCUT2D eigenvalue weighted by Crippen LogP contribution is 2.37. The number of carbonyl (C=O) groups excluding carboxylic acids is 1. The van der Waals surface area contributed by atoms with Crippen molar-refractivity contribution in [3.05, 3.63) is 18.2 Å². The topological polar surface area (TPSA) is 285 Å². The molecule has 44 heavy (non-hydrogen) atoms. The van der Waals surface area contributed by atoms with E-state index in [0.717, 1.165) is 0 Å². The minimum Gasteiger partial charge on any atom is -0.480 e. The highest BCUT2D eigenvalue weighted by molar-refractivity contribution is 7.39. The number of aliphatic hydroxyl groups is 1. The van der Waals surface area contributed by atoms with Crippen LogP contribution in [0.2, 0.25) is 0 Å². The number of hydrogen-bond donors (Lipinski definition) is 8. The Labute approximate surface area is 253 Å². The van der Waals surface area contributed by atoms with Gasteiger partial charge in [0.05, 0.1) is 25.1 Å². The summed E-state index contributed by atoms with van der Waals surface area (Å²) in [5, 5.41) is 41.1. The second kappa shape index (κ2) is 18.4. The average Bonchev–Trinajstić information content (AvgIpc) is 3.34. The van der Waals surface area contributed by atoms with Crippen molar-refractivity contribution < 1.29 is 67.9 Å². The number of nitrogens with zero attached hydrogens (tertiary/aromatic N) is 5. The summed E-state index contributed by atoms with van der Waals surface area (Å²) in [6.45, 7) is 0.375. The van der Waals surface area contributed by atoms with E-state index in [2.05, 4.69) is 19.3 Å². The van der Waals surface area contributed by atoms with E-state index in [-0.39, 0.29) is 65.1 Å². The molecule has 2 heterocycles. The molecule has 1 aliphatic rings. The smallest absolute Gasteiger partial charge is 0.331 e. The van der Waals surface area contributed by atoms with Crippen molar-refractivity contribution in [3.63, 3.8) is 0 Å². The second-order valence-electron chi connectivity index (χ2n) is 9.83. The number of carboxylic acid groups (broad SMARTS) is 3. The standard InChI is InChI=1S/C22H38N6O14P2/c29-18(23-4-3-16-11-27(15-24-16)14-22(36,41-43(37)38)42-44(39)40)2-1-17(21(34)35)28-9-7-25(12-19(30)31)5-6-26(8-10-28)13-20(32)33/h11,15,17,36-38,44H,1-10,12-14H2,(H,23,29)(H,30,31)(H,32,33)(H,34,35)(H,39,40). The molecule has 1 fully saturated rings. The second-order valence-corrected chi connectivity index (χ2v) is 11.3. The number of rotatable bonds is 18. The molecular formula is C22H38N6O14P2. The molecule has 1 aromatic rings. The van der Waals surface area contributed by atoms with E-state index >= 15 is 0 Å². The first kappa shape index (κ1) is 37.6. The number of nitrogens with one attached hydrogen (secondary N) is 1. The van der Waals surface area contributed by atoms with E-state index in [0.29, 0.717) is 18.8 Å².